The van der Waals surface area contributed by atoms with Crippen molar-refractivity contribution in [3.8, 4) is 0 Å². The number of carboxylic acids is 1. The van der Waals surface area contributed by atoms with Crippen LogP contribution >= 0.6 is 0 Å². The summed E-state index contributed by atoms with van der Waals surface area (Å²) < 4.78 is 0. The second kappa shape index (κ2) is 5.90. The number of urea groups is 1. The second-order valence-corrected chi connectivity index (χ2v) is 5.28. The van der Waals surface area contributed by atoms with Crippen molar-refractivity contribution < 1.29 is 14.7 Å². The lowest BCUT2D eigenvalue weighted by Crippen LogP contribution is -2.57. The molecule has 0 aromatic carbocycles. The molecule has 2 amide bonds. The number of hydrogen-bond donors (Lipinski definition) is 3. The Morgan fingerprint density at radius 2 is 2.15 bits per heavy atom. The van der Waals surface area contributed by atoms with Crippen molar-refractivity contribution in [3.05, 3.63) is 29.6 Å². The normalized spacial score (nSPS) is 16.1. The molecule has 0 atom stereocenters. The summed E-state index contributed by atoms with van der Waals surface area (Å²) in [6.45, 7) is 2.22. The van der Waals surface area contributed by atoms with Crippen LogP contribution in [0.25, 0.3) is 0 Å². The van der Waals surface area contributed by atoms with Crippen LogP contribution in [0.5, 0.6) is 0 Å². The Labute approximate surface area is 117 Å². The van der Waals surface area contributed by atoms with Gasteiger partial charge in [-0.15, -0.1) is 0 Å². The number of pyridine rings is 1. The van der Waals surface area contributed by atoms with E-state index in [0.717, 1.165) is 30.7 Å². The van der Waals surface area contributed by atoms with Crippen molar-refractivity contribution in [2.75, 3.05) is 0 Å². The zero-order valence-electron chi connectivity index (χ0n) is 11.5. The highest BCUT2D eigenvalue weighted by Crippen LogP contribution is 2.34. The molecule has 1 fully saturated rings. The Hall–Kier alpha value is -2.11. The standard InChI is InChI=1S/C14H19N3O3/c1-10-4-2-5-11(16-10)9-15-13(20)17-14(6-3-7-14)8-12(18)19/h2,4-5H,3,6-9H2,1H3,(H,18,19)(H2,15,17,20). The Morgan fingerprint density at radius 1 is 1.40 bits per heavy atom. The number of carbonyl (C=O) groups is 2. The van der Waals surface area contributed by atoms with Gasteiger partial charge in [0.1, 0.15) is 0 Å². The van der Waals surface area contributed by atoms with Gasteiger partial charge < -0.3 is 15.7 Å². The molecular weight excluding hydrogens is 258 g/mol. The van der Waals surface area contributed by atoms with Crippen molar-refractivity contribution in [1.29, 1.82) is 0 Å². The van der Waals surface area contributed by atoms with E-state index in [0.29, 0.717) is 6.54 Å². The van der Waals surface area contributed by atoms with Gasteiger partial charge in [-0.3, -0.25) is 9.78 Å². The fraction of sp³-hybridized carbons (Fsp3) is 0.500. The minimum Gasteiger partial charge on any atom is -0.481 e. The maximum atomic E-state index is 11.8. The molecule has 0 aliphatic heterocycles. The fourth-order valence-electron chi connectivity index (χ4n) is 2.39. The third-order valence-corrected chi connectivity index (χ3v) is 3.56. The molecule has 20 heavy (non-hydrogen) atoms. The molecule has 6 heteroatoms. The van der Waals surface area contributed by atoms with Crippen molar-refractivity contribution in [2.24, 2.45) is 0 Å². The number of aliphatic carboxylic acids is 1. The van der Waals surface area contributed by atoms with Crippen molar-refractivity contribution in [1.82, 2.24) is 15.6 Å². The van der Waals surface area contributed by atoms with E-state index in [-0.39, 0.29) is 12.5 Å². The number of amides is 2. The first kappa shape index (κ1) is 14.3. The smallest absolute Gasteiger partial charge is 0.315 e. The van der Waals surface area contributed by atoms with Gasteiger partial charge in [-0.05, 0) is 38.3 Å². The van der Waals surface area contributed by atoms with E-state index in [1.54, 1.807) is 0 Å². The van der Waals surface area contributed by atoms with Crippen LogP contribution in [0.1, 0.15) is 37.1 Å². The predicted octanol–water partition coefficient (Wildman–Crippen LogP) is 1.59. The molecule has 2 rings (SSSR count). The quantitative estimate of drug-likeness (QED) is 0.762. The van der Waals surface area contributed by atoms with Crippen LogP contribution in [0.15, 0.2) is 18.2 Å². The number of aryl methyl sites for hydroxylation is 1. The minimum absolute atomic E-state index is 0.0247. The van der Waals surface area contributed by atoms with Gasteiger partial charge in [-0.1, -0.05) is 6.07 Å². The molecular formula is C14H19N3O3. The minimum atomic E-state index is -0.884. The van der Waals surface area contributed by atoms with E-state index >= 15 is 0 Å². The topological polar surface area (TPSA) is 91.3 Å². The lowest BCUT2D eigenvalue weighted by Gasteiger charge is -2.41. The first-order valence-electron chi connectivity index (χ1n) is 6.69. The SMILES string of the molecule is Cc1cccc(CNC(=O)NC2(CC(=O)O)CCC2)n1. The molecule has 1 aliphatic carbocycles. The summed E-state index contributed by atoms with van der Waals surface area (Å²) >= 11 is 0. The van der Waals surface area contributed by atoms with Crippen LogP contribution in [0, 0.1) is 6.92 Å². The van der Waals surface area contributed by atoms with Crippen LogP contribution in [0.2, 0.25) is 0 Å². The first-order valence-corrected chi connectivity index (χ1v) is 6.69. The van der Waals surface area contributed by atoms with Crippen molar-refractivity contribution in [3.63, 3.8) is 0 Å². The summed E-state index contributed by atoms with van der Waals surface area (Å²) in [6.07, 6.45) is 2.36. The molecule has 1 aliphatic rings. The molecule has 1 heterocycles. The molecule has 0 saturated heterocycles. The van der Waals surface area contributed by atoms with E-state index in [2.05, 4.69) is 15.6 Å². The fourth-order valence-corrected chi connectivity index (χ4v) is 2.39. The van der Waals surface area contributed by atoms with E-state index in [4.69, 9.17) is 5.11 Å². The summed E-state index contributed by atoms with van der Waals surface area (Å²) in [6, 6.07) is 5.27. The van der Waals surface area contributed by atoms with Crippen molar-refractivity contribution >= 4 is 12.0 Å². The molecule has 0 bridgehead atoms. The largest absolute Gasteiger partial charge is 0.481 e. The molecule has 1 saturated carbocycles. The molecule has 0 spiro atoms. The highest BCUT2D eigenvalue weighted by Gasteiger charge is 2.40. The molecule has 0 radical (unpaired) electrons. The van der Waals surface area contributed by atoms with E-state index in [9.17, 15) is 9.59 Å². The monoisotopic (exact) mass is 277 g/mol. The summed E-state index contributed by atoms with van der Waals surface area (Å²) in [7, 11) is 0. The maximum absolute atomic E-state index is 11.8. The van der Waals surface area contributed by atoms with Gasteiger partial charge in [-0.25, -0.2) is 4.79 Å². The highest BCUT2D eigenvalue weighted by atomic mass is 16.4. The Kier molecular flexibility index (Phi) is 4.22. The van der Waals surface area contributed by atoms with Crippen LogP contribution in [-0.2, 0) is 11.3 Å². The van der Waals surface area contributed by atoms with Crippen LogP contribution in [0.4, 0.5) is 4.79 Å². The van der Waals surface area contributed by atoms with E-state index in [1.165, 1.54) is 0 Å². The highest BCUT2D eigenvalue weighted by molar-refractivity contribution is 5.77. The average Bonchev–Trinajstić information content (AvgIpc) is 2.33. The molecule has 6 nitrogen and oxygen atoms in total. The van der Waals surface area contributed by atoms with Gasteiger partial charge in [0.25, 0.3) is 0 Å². The number of nitrogens with one attached hydrogen (secondary N) is 2. The Morgan fingerprint density at radius 3 is 2.70 bits per heavy atom. The van der Waals surface area contributed by atoms with Gasteiger partial charge in [0.2, 0.25) is 0 Å². The lowest BCUT2D eigenvalue weighted by molar-refractivity contribution is -0.139. The number of aromatic nitrogens is 1. The molecule has 1 aromatic rings. The van der Waals surface area contributed by atoms with Crippen LogP contribution < -0.4 is 10.6 Å². The molecule has 108 valence electrons. The predicted molar refractivity (Wildman–Crippen MR) is 73.2 cm³/mol. The summed E-state index contributed by atoms with van der Waals surface area (Å²) in [5, 5.41) is 14.4. The Bertz CT molecular complexity index is 512. The number of carbonyl (C=O) groups excluding carboxylic acids is 1. The average molecular weight is 277 g/mol. The summed E-state index contributed by atoms with van der Waals surface area (Å²) in [5.41, 5.74) is 1.10. The van der Waals surface area contributed by atoms with Gasteiger partial charge in [-0.2, -0.15) is 0 Å². The van der Waals surface area contributed by atoms with E-state index < -0.39 is 11.5 Å². The summed E-state index contributed by atoms with van der Waals surface area (Å²) in [4.78, 5) is 27.0. The number of rotatable bonds is 5. The Balaban J connectivity index is 1.84. The molecule has 1 aromatic heterocycles. The number of nitrogens with zero attached hydrogens (tertiary/aromatic N) is 1. The lowest BCUT2D eigenvalue weighted by atomic mass is 9.74. The second-order valence-electron chi connectivity index (χ2n) is 5.28. The number of hydrogen-bond acceptors (Lipinski definition) is 3. The third kappa shape index (κ3) is 3.69. The van der Waals surface area contributed by atoms with Gasteiger partial charge in [0, 0.05) is 5.69 Å². The van der Waals surface area contributed by atoms with Gasteiger partial charge in [0.15, 0.2) is 0 Å². The maximum Gasteiger partial charge on any atom is 0.315 e. The van der Waals surface area contributed by atoms with Crippen LogP contribution in [-0.4, -0.2) is 27.6 Å². The number of carboxylic acid groups (broad SMARTS) is 1. The molecule has 3 N–H and O–H groups in total. The van der Waals surface area contributed by atoms with Gasteiger partial charge >= 0.3 is 12.0 Å². The van der Waals surface area contributed by atoms with Crippen LogP contribution in [0.3, 0.4) is 0 Å². The zero-order valence-corrected chi connectivity index (χ0v) is 11.5. The first-order chi connectivity index (χ1) is 9.49. The third-order valence-electron chi connectivity index (χ3n) is 3.56. The zero-order chi connectivity index (χ0) is 14.6. The van der Waals surface area contributed by atoms with Crippen molar-refractivity contribution in [2.45, 2.75) is 44.7 Å². The van der Waals surface area contributed by atoms with E-state index in [1.807, 2.05) is 25.1 Å². The summed E-state index contributed by atoms with van der Waals surface area (Å²) in [5.74, 6) is -0.884. The molecule has 0 unspecified atom stereocenters. The van der Waals surface area contributed by atoms with Gasteiger partial charge in [0.05, 0.1) is 24.2 Å².